The zero-order valence-corrected chi connectivity index (χ0v) is 12.5. The summed E-state index contributed by atoms with van der Waals surface area (Å²) < 4.78 is 0. The van der Waals surface area contributed by atoms with E-state index in [0.717, 1.165) is 18.5 Å². The standard InChI is InChI=1S/C14H17N3O3S/c1-8-2-5-10(6-15-8)16-14(20)17-11(13(18)19)7-21-12(17)9-3-4-9/h2,5-6,9,11-12H,3-4,7H2,1H3,(H,16,20)(H,18,19). The average molecular weight is 307 g/mol. The molecular formula is C14H17N3O3S. The number of carbonyl (C=O) groups is 2. The van der Waals surface area contributed by atoms with Gasteiger partial charge < -0.3 is 10.4 Å². The predicted octanol–water partition coefficient (Wildman–Crippen LogP) is 2.16. The highest BCUT2D eigenvalue weighted by atomic mass is 32.2. The molecule has 112 valence electrons. The van der Waals surface area contributed by atoms with Crippen LogP contribution in [0, 0.1) is 12.8 Å². The number of aromatic nitrogens is 1. The number of nitrogens with zero attached hydrogens (tertiary/aromatic N) is 2. The molecule has 2 heterocycles. The van der Waals surface area contributed by atoms with Crippen molar-refractivity contribution in [3.63, 3.8) is 0 Å². The molecule has 0 aromatic carbocycles. The number of amides is 2. The molecule has 1 saturated heterocycles. The third kappa shape index (κ3) is 2.97. The van der Waals surface area contributed by atoms with Gasteiger partial charge in [-0.15, -0.1) is 11.8 Å². The number of carbonyl (C=O) groups excluding carboxylic acids is 1. The van der Waals surface area contributed by atoms with Crippen molar-refractivity contribution in [3.8, 4) is 0 Å². The van der Waals surface area contributed by atoms with Crippen molar-refractivity contribution in [2.45, 2.75) is 31.2 Å². The first-order valence-electron chi connectivity index (χ1n) is 6.92. The smallest absolute Gasteiger partial charge is 0.327 e. The number of pyridine rings is 1. The number of thioether (sulfide) groups is 1. The molecule has 2 aliphatic rings. The molecule has 1 aromatic heterocycles. The number of aliphatic carboxylic acids is 1. The van der Waals surface area contributed by atoms with E-state index in [1.54, 1.807) is 30.1 Å². The van der Waals surface area contributed by atoms with Crippen LogP contribution in [-0.2, 0) is 4.79 Å². The number of carboxylic acid groups (broad SMARTS) is 1. The van der Waals surface area contributed by atoms with E-state index in [1.165, 1.54) is 4.90 Å². The van der Waals surface area contributed by atoms with Crippen LogP contribution in [-0.4, -0.2) is 44.2 Å². The highest BCUT2D eigenvalue weighted by Gasteiger charge is 2.48. The largest absolute Gasteiger partial charge is 0.480 e. The van der Waals surface area contributed by atoms with Gasteiger partial charge in [0, 0.05) is 11.4 Å². The number of carboxylic acids is 1. The topological polar surface area (TPSA) is 82.5 Å². The molecule has 3 rings (SSSR count). The van der Waals surface area contributed by atoms with E-state index < -0.39 is 12.0 Å². The van der Waals surface area contributed by atoms with Gasteiger partial charge in [0.25, 0.3) is 0 Å². The minimum Gasteiger partial charge on any atom is -0.480 e. The van der Waals surface area contributed by atoms with Crippen LogP contribution in [0.5, 0.6) is 0 Å². The van der Waals surface area contributed by atoms with Crippen molar-refractivity contribution in [2.75, 3.05) is 11.1 Å². The summed E-state index contributed by atoms with van der Waals surface area (Å²) in [4.78, 5) is 29.4. The first kappa shape index (κ1) is 14.2. The van der Waals surface area contributed by atoms with Crippen molar-refractivity contribution >= 4 is 29.4 Å². The van der Waals surface area contributed by atoms with Crippen LogP contribution in [0.25, 0.3) is 0 Å². The molecule has 2 atom stereocenters. The normalized spacial score (nSPS) is 24.9. The number of aryl methyl sites for hydroxylation is 1. The Kier molecular flexibility index (Phi) is 3.75. The van der Waals surface area contributed by atoms with Gasteiger partial charge in [-0.2, -0.15) is 0 Å². The minimum atomic E-state index is -0.942. The molecule has 21 heavy (non-hydrogen) atoms. The highest BCUT2D eigenvalue weighted by Crippen LogP contribution is 2.45. The molecule has 2 unspecified atom stereocenters. The number of nitrogens with one attached hydrogen (secondary N) is 1. The van der Waals surface area contributed by atoms with Crippen LogP contribution in [0.3, 0.4) is 0 Å². The monoisotopic (exact) mass is 307 g/mol. The lowest BCUT2D eigenvalue weighted by atomic mass is 10.2. The van der Waals surface area contributed by atoms with Crippen molar-refractivity contribution in [2.24, 2.45) is 5.92 Å². The Labute approximate surface area is 126 Å². The molecule has 2 N–H and O–H groups in total. The zero-order chi connectivity index (χ0) is 15.0. The maximum atomic E-state index is 12.5. The van der Waals surface area contributed by atoms with Gasteiger partial charge in [0.05, 0.1) is 17.3 Å². The molecule has 1 aliphatic heterocycles. The predicted molar refractivity (Wildman–Crippen MR) is 80.2 cm³/mol. The number of anilines is 1. The van der Waals surface area contributed by atoms with Gasteiger partial charge in [-0.3, -0.25) is 9.88 Å². The summed E-state index contributed by atoms with van der Waals surface area (Å²) in [6.07, 6.45) is 3.72. The van der Waals surface area contributed by atoms with E-state index >= 15 is 0 Å². The van der Waals surface area contributed by atoms with Gasteiger partial charge in [0.2, 0.25) is 0 Å². The lowest BCUT2D eigenvalue weighted by molar-refractivity contribution is -0.141. The molecule has 7 heteroatoms. The second-order valence-electron chi connectivity index (χ2n) is 5.44. The minimum absolute atomic E-state index is 0.0236. The molecule has 1 aromatic rings. The van der Waals surface area contributed by atoms with Crippen LogP contribution in [0.1, 0.15) is 18.5 Å². The molecule has 2 amide bonds. The average Bonchev–Trinajstić information content (AvgIpc) is 3.19. The van der Waals surface area contributed by atoms with Crippen molar-refractivity contribution in [1.82, 2.24) is 9.88 Å². The Balaban J connectivity index is 1.76. The lowest BCUT2D eigenvalue weighted by Gasteiger charge is -2.27. The first-order valence-corrected chi connectivity index (χ1v) is 7.97. The second-order valence-corrected chi connectivity index (χ2v) is 6.59. The van der Waals surface area contributed by atoms with E-state index in [-0.39, 0.29) is 11.4 Å². The third-order valence-corrected chi connectivity index (χ3v) is 5.20. The quantitative estimate of drug-likeness (QED) is 0.894. The SMILES string of the molecule is Cc1ccc(NC(=O)N2C(C(=O)O)CSC2C2CC2)cn1. The van der Waals surface area contributed by atoms with Gasteiger partial charge in [0.15, 0.2) is 0 Å². The second kappa shape index (κ2) is 5.55. The highest BCUT2D eigenvalue weighted by molar-refractivity contribution is 8.00. The van der Waals surface area contributed by atoms with Crippen LogP contribution in [0.15, 0.2) is 18.3 Å². The summed E-state index contributed by atoms with van der Waals surface area (Å²) in [5, 5.41) is 12.0. The number of hydrogen-bond donors (Lipinski definition) is 2. The van der Waals surface area contributed by atoms with Crippen molar-refractivity contribution in [3.05, 3.63) is 24.0 Å². The third-order valence-electron chi connectivity index (χ3n) is 3.74. The van der Waals surface area contributed by atoms with Crippen LogP contribution in [0.2, 0.25) is 0 Å². The maximum Gasteiger partial charge on any atom is 0.327 e. The van der Waals surface area contributed by atoms with Crippen molar-refractivity contribution in [1.29, 1.82) is 0 Å². The molecular weight excluding hydrogens is 290 g/mol. The number of rotatable bonds is 3. The van der Waals surface area contributed by atoms with E-state index in [0.29, 0.717) is 17.4 Å². The molecule has 1 aliphatic carbocycles. The van der Waals surface area contributed by atoms with Crippen LogP contribution < -0.4 is 5.32 Å². The Hall–Kier alpha value is -1.76. The Morgan fingerprint density at radius 3 is 2.76 bits per heavy atom. The van der Waals surface area contributed by atoms with Crippen LogP contribution >= 0.6 is 11.8 Å². The Bertz CT molecular complexity index is 559. The van der Waals surface area contributed by atoms with Crippen molar-refractivity contribution < 1.29 is 14.7 Å². The maximum absolute atomic E-state index is 12.5. The molecule has 0 radical (unpaired) electrons. The van der Waals surface area contributed by atoms with E-state index in [1.807, 2.05) is 6.92 Å². The molecule has 0 spiro atoms. The lowest BCUT2D eigenvalue weighted by Crippen LogP contribution is -2.48. The summed E-state index contributed by atoms with van der Waals surface area (Å²) in [6.45, 7) is 1.87. The van der Waals surface area contributed by atoms with Gasteiger partial charge >= 0.3 is 12.0 Å². The molecule has 2 fully saturated rings. The fraction of sp³-hybridized carbons (Fsp3) is 0.500. The molecule has 0 bridgehead atoms. The fourth-order valence-corrected chi connectivity index (χ4v) is 4.08. The molecule has 1 saturated carbocycles. The van der Waals surface area contributed by atoms with Gasteiger partial charge in [-0.05, 0) is 37.8 Å². The van der Waals surface area contributed by atoms with E-state index in [9.17, 15) is 14.7 Å². The zero-order valence-electron chi connectivity index (χ0n) is 11.7. The summed E-state index contributed by atoms with van der Waals surface area (Å²) in [5.41, 5.74) is 1.45. The van der Waals surface area contributed by atoms with Gasteiger partial charge in [0.1, 0.15) is 6.04 Å². The fourth-order valence-electron chi connectivity index (χ4n) is 2.45. The summed E-state index contributed by atoms with van der Waals surface area (Å²) in [6, 6.07) is 2.47. The van der Waals surface area contributed by atoms with Crippen LogP contribution in [0.4, 0.5) is 10.5 Å². The number of urea groups is 1. The number of hydrogen-bond acceptors (Lipinski definition) is 4. The van der Waals surface area contributed by atoms with E-state index in [4.69, 9.17) is 0 Å². The Morgan fingerprint density at radius 1 is 1.43 bits per heavy atom. The van der Waals surface area contributed by atoms with E-state index in [2.05, 4.69) is 10.3 Å². The first-order chi connectivity index (χ1) is 10.1. The van der Waals surface area contributed by atoms with Gasteiger partial charge in [-0.25, -0.2) is 9.59 Å². The Morgan fingerprint density at radius 2 is 2.19 bits per heavy atom. The van der Waals surface area contributed by atoms with Gasteiger partial charge in [-0.1, -0.05) is 0 Å². The summed E-state index contributed by atoms with van der Waals surface area (Å²) in [7, 11) is 0. The molecule has 6 nitrogen and oxygen atoms in total. The summed E-state index contributed by atoms with van der Waals surface area (Å²) in [5.74, 6) is -0.0557. The summed E-state index contributed by atoms with van der Waals surface area (Å²) >= 11 is 1.57.